The molecule has 1 aromatic rings. The summed E-state index contributed by atoms with van der Waals surface area (Å²) in [6.07, 6.45) is 1.99. The molecule has 0 radical (unpaired) electrons. The lowest BCUT2D eigenvalue weighted by Crippen LogP contribution is -2.28. The Hall–Kier alpha value is -0.900. The first-order valence-corrected chi connectivity index (χ1v) is 7.27. The molecule has 6 heteroatoms. The van der Waals surface area contributed by atoms with Crippen LogP contribution in [-0.4, -0.2) is 45.4 Å². The highest BCUT2D eigenvalue weighted by Gasteiger charge is 2.17. The van der Waals surface area contributed by atoms with Gasteiger partial charge >= 0.3 is 0 Å². The Labute approximate surface area is 111 Å². The molecule has 0 fully saturated rings. The number of thiophene rings is 1. The second-order valence-corrected chi connectivity index (χ2v) is 5.84. The number of anilines is 2. The molecular formula is C11H18N4S2. The van der Waals surface area contributed by atoms with Crippen LogP contribution < -0.4 is 10.6 Å². The molecule has 0 aliphatic heterocycles. The van der Waals surface area contributed by atoms with Gasteiger partial charge in [-0.05, 0) is 20.4 Å². The summed E-state index contributed by atoms with van der Waals surface area (Å²) < 4.78 is 0. The fourth-order valence-electron chi connectivity index (χ4n) is 1.40. The molecule has 0 aromatic carbocycles. The third kappa shape index (κ3) is 3.28. The summed E-state index contributed by atoms with van der Waals surface area (Å²) in [5.41, 5.74) is 6.57. The van der Waals surface area contributed by atoms with Crippen LogP contribution in [0.3, 0.4) is 0 Å². The first-order valence-electron chi connectivity index (χ1n) is 5.23. The number of rotatable bonds is 5. The van der Waals surface area contributed by atoms with Crippen LogP contribution in [0.15, 0.2) is 4.90 Å². The minimum atomic E-state index is 0.612. The number of likely N-dealkylation sites (N-methyl/N-ethyl adjacent to an activating group) is 2. The van der Waals surface area contributed by atoms with Gasteiger partial charge in [0.2, 0.25) is 0 Å². The van der Waals surface area contributed by atoms with Crippen molar-refractivity contribution in [3.8, 4) is 6.07 Å². The highest BCUT2D eigenvalue weighted by Crippen LogP contribution is 2.42. The summed E-state index contributed by atoms with van der Waals surface area (Å²) in [6.45, 7) is 1.90. The highest BCUT2D eigenvalue weighted by molar-refractivity contribution is 7.99. The van der Waals surface area contributed by atoms with Gasteiger partial charge in [-0.25, -0.2) is 0 Å². The molecule has 0 spiro atoms. The smallest absolute Gasteiger partial charge is 0.131 e. The molecular weight excluding hydrogens is 252 g/mol. The first kappa shape index (κ1) is 14.2. The van der Waals surface area contributed by atoms with Gasteiger partial charge in [0.05, 0.1) is 10.6 Å². The van der Waals surface area contributed by atoms with Gasteiger partial charge in [-0.15, -0.1) is 23.1 Å². The number of nitrogens with two attached hydrogens (primary N) is 1. The maximum Gasteiger partial charge on any atom is 0.131 e. The van der Waals surface area contributed by atoms with Gasteiger partial charge < -0.3 is 15.5 Å². The Morgan fingerprint density at radius 3 is 2.47 bits per heavy atom. The van der Waals surface area contributed by atoms with E-state index in [2.05, 4.69) is 15.9 Å². The van der Waals surface area contributed by atoms with E-state index in [4.69, 9.17) is 11.0 Å². The summed E-state index contributed by atoms with van der Waals surface area (Å²) in [6, 6.07) is 2.15. The largest absolute Gasteiger partial charge is 0.396 e. The summed E-state index contributed by atoms with van der Waals surface area (Å²) >= 11 is 3.07. The summed E-state index contributed by atoms with van der Waals surface area (Å²) in [5.74, 6) is 0. The second kappa shape index (κ2) is 6.15. The van der Waals surface area contributed by atoms with E-state index >= 15 is 0 Å². The predicted molar refractivity (Wildman–Crippen MR) is 77.1 cm³/mol. The van der Waals surface area contributed by atoms with E-state index in [1.54, 1.807) is 11.8 Å². The Morgan fingerprint density at radius 2 is 2.00 bits per heavy atom. The lowest BCUT2D eigenvalue weighted by Gasteiger charge is -2.21. The van der Waals surface area contributed by atoms with Gasteiger partial charge in [0, 0.05) is 20.1 Å². The first-order chi connectivity index (χ1) is 8.01. The van der Waals surface area contributed by atoms with Gasteiger partial charge in [0.1, 0.15) is 15.9 Å². The fourth-order valence-corrected chi connectivity index (χ4v) is 3.39. The monoisotopic (exact) mass is 270 g/mol. The lowest BCUT2D eigenvalue weighted by molar-refractivity contribution is 0.416. The average Bonchev–Trinajstić information content (AvgIpc) is 2.62. The van der Waals surface area contributed by atoms with E-state index in [1.165, 1.54) is 11.3 Å². The molecule has 0 amide bonds. The Kier molecular flexibility index (Phi) is 5.12. The van der Waals surface area contributed by atoms with Crippen LogP contribution in [0.25, 0.3) is 0 Å². The van der Waals surface area contributed by atoms with Crippen LogP contribution in [0.2, 0.25) is 0 Å². The zero-order valence-corrected chi connectivity index (χ0v) is 12.3. The number of hydrogen-bond acceptors (Lipinski definition) is 6. The number of nitriles is 1. The lowest BCUT2D eigenvalue weighted by atomic mass is 10.4. The van der Waals surface area contributed by atoms with Gasteiger partial charge in [0.25, 0.3) is 0 Å². The Bertz CT molecular complexity index is 420. The zero-order chi connectivity index (χ0) is 13.0. The van der Waals surface area contributed by atoms with Gasteiger partial charge in [-0.3, -0.25) is 0 Å². The molecule has 0 bridgehead atoms. The van der Waals surface area contributed by atoms with Crippen LogP contribution in [0.4, 0.5) is 10.7 Å². The third-order valence-corrected chi connectivity index (χ3v) is 4.59. The van der Waals surface area contributed by atoms with Crippen molar-refractivity contribution < 1.29 is 0 Å². The van der Waals surface area contributed by atoms with Crippen LogP contribution in [-0.2, 0) is 0 Å². The van der Waals surface area contributed by atoms with Crippen LogP contribution >= 0.6 is 23.1 Å². The van der Waals surface area contributed by atoms with Crippen molar-refractivity contribution in [2.45, 2.75) is 4.90 Å². The van der Waals surface area contributed by atoms with E-state index in [0.29, 0.717) is 10.6 Å². The van der Waals surface area contributed by atoms with Crippen molar-refractivity contribution in [1.29, 1.82) is 5.26 Å². The van der Waals surface area contributed by atoms with Crippen molar-refractivity contribution >= 4 is 33.8 Å². The average molecular weight is 270 g/mol. The highest BCUT2D eigenvalue weighted by atomic mass is 32.2. The van der Waals surface area contributed by atoms with Gasteiger partial charge in [-0.2, -0.15) is 5.26 Å². The summed E-state index contributed by atoms with van der Waals surface area (Å²) in [5, 5.41) is 10.1. The quantitative estimate of drug-likeness (QED) is 0.828. The number of thioether (sulfide) groups is 1. The minimum absolute atomic E-state index is 0.612. The molecule has 0 unspecified atom stereocenters. The molecule has 1 heterocycles. The molecule has 0 atom stereocenters. The van der Waals surface area contributed by atoms with E-state index in [-0.39, 0.29) is 0 Å². The van der Waals surface area contributed by atoms with E-state index in [0.717, 1.165) is 23.0 Å². The maximum absolute atomic E-state index is 9.00. The normalized spacial score (nSPS) is 10.6. The van der Waals surface area contributed by atoms with E-state index in [9.17, 15) is 0 Å². The van der Waals surface area contributed by atoms with Crippen LogP contribution in [0.5, 0.6) is 0 Å². The third-order valence-electron chi connectivity index (χ3n) is 2.42. The molecule has 0 aliphatic rings. The van der Waals surface area contributed by atoms with Gasteiger partial charge in [-0.1, -0.05) is 0 Å². The van der Waals surface area contributed by atoms with Gasteiger partial charge in [0.15, 0.2) is 0 Å². The summed E-state index contributed by atoms with van der Waals surface area (Å²) in [7, 11) is 6.13. The Balaban J connectivity index is 2.93. The zero-order valence-electron chi connectivity index (χ0n) is 10.6. The molecule has 17 heavy (non-hydrogen) atoms. The molecule has 0 saturated heterocycles. The molecule has 0 saturated carbocycles. The number of hydrogen-bond donors (Lipinski definition) is 1. The molecule has 2 N–H and O–H groups in total. The molecule has 1 aromatic heterocycles. The SMILES string of the molecule is CSc1c(N(C)CCN(C)C)sc(C#N)c1N. The van der Waals surface area contributed by atoms with Crippen molar-refractivity contribution in [2.24, 2.45) is 0 Å². The molecule has 94 valence electrons. The molecule has 0 aliphatic carbocycles. The Morgan fingerprint density at radius 1 is 1.35 bits per heavy atom. The second-order valence-electron chi connectivity index (χ2n) is 4.02. The minimum Gasteiger partial charge on any atom is -0.396 e. The molecule has 4 nitrogen and oxygen atoms in total. The van der Waals surface area contributed by atoms with Crippen molar-refractivity contribution in [1.82, 2.24) is 4.90 Å². The fraction of sp³-hybridized carbons (Fsp3) is 0.545. The maximum atomic E-state index is 9.00. The standard InChI is InChI=1S/C11H18N4S2/c1-14(2)5-6-15(3)11-10(16-4)9(13)8(7-12)17-11/h5-6,13H2,1-4H3. The van der Waals surface area contributed by atoms with E-state index in [1.807, 2.05) is 27.4 Å². The van der Waals surface area contributed by atoms with Crippen LogP contribution in [0.1, 0.15) is 4.88 Å². The predicted octanol–water partition coefficient (Wildman–Crippen LogP) is 1.92. The van der Waals surface area contributed by atoms with Crippen molar-refractivity contribution in [3.63, 3.8) is 0 Å². The van der Waals surface area contributed by atoms with Crippen molar-refractivity contribution in [2.75, 3.05) is 51.1 Å². The van der Waals surface area contributed by atoms with E-state index < -0.39 is 0 Å². The molecule has 1 rings (SSSR count). The van der Waals surface area contributed by atoms with Crippen LogP contribution in [0, 0.1) is 11.3 Å². The number of nitrogen functional groups attached to an aromatic ring is 1. The summed E-state index contributed by atoms with van der Waals surface area (Å²) in [4.78, 5) is 5.93. The van der Waals surface area contributed by atoms with Crippen molar-refractivity contribution in [3.05, 3.63) is 4.88 Å². The topological polar surface area (TPSA) is 56.3 Å². The number of nitrogens with zero attached hydrogens (tertiary/aromatic N) is 3.